The molecular formula is C16H18O7. The number of ether oxygens (including phenoxy) is 3. The first kappa shape index (κ1) is 18.4. The van der Waals surface area contributed by atoms with Gasteiger partial charge in [0.25, 0.3) is 0 Å². The highest BCUT2D eigenvalue weighted by atomic mass is 16.6. The molecule has 1 rings (SSSR count). The fraction of sp³-hybridized carbons (Fsp3) is 0.312. The molecule has 1 aromatic carbocycles. The molecule has 124 valence electrons. The summed E-state index contributed by atoms with van der Waals surface area (Å²) in [5.41, 5.74) is -0.257. The monoisotopic (exact) mass is 322 g/mol. The van der Waals surface area contributed by atoms with E-state index in [2.05, 4.69) is 6.58 Å². The van der Waals surface area contributed by atoms with Crippen molar-refractivity contribution in [1.29, 1.82) is 0 Å². The minimum Gasteiger partial charge on any atom is -0.481 e. The molecule has 0 bridgehead atoms. The topological polar surface area (TPSA) is 99.1 Å². The maximum Gasteiger partial charge on any atom is 0.352 e. The smallest absolute Gasteiger partial charge is 0.352 e. The van der Waals surface area contributed by atoms with E-state index in [1.54, 1.807) is 30.3 Å². The van der Waals surface area contributed by atoms with Crippen LogP contribution in [0.5, 0.6) is 5.75 Å². The average molecular weight is 322 g/mol. The van der Waals surface area contributed by atoms with Crippen LogP contribution in [0.3, 0.4) is 0 Å². The van der Waals surface area contributed by atoms with Gasteiger partial charge >= 0.3 is 17.9 Å². The maximum atomic E-state index is 12.1. The van der Waals surface area contributed by atoms with Crippen molar-refractivity contribution in [2.75, 3.05) is 13.7 Å². The van der Waals surface area contributed by atoms with E-state index in [0.29, 0.717) is 5.75 Å². The summed E-state index contributed by atoms with van der Waals surface area (Å²) in [4.78, 5) is 34.4. The second-order valence-electron chi connectivity index (χ2n) is 4.58. The molecule has 0 fully saturated rings. The molecule has 0 aromatic heterocycles. The fourth-order valence-electron chi connectivity index (χ4n) is 1.59. The number of carbonyl (C=O) groups excluding carboxylic acids is 2. The molecule has 0 amide bonds. The molecule has 1 N–H and O–H groups in total. The van der Waals surface area contributed by atoms with Gasteiger partial charge in [0, 0.05) is 19.1 Å². The standard InChI is InChI=1S/C16H18O7/c1-11(10-14(17)18)15(19)23-13(8-9-21-2)16(20)22-12-6-4-3-5-7-12/h3-7,13H,1,8-10H2,2H3,(H,17,18). The first-order valence-corrected chi connectivity index (χ1v) is 6.80. The molecule has 0 aliphatic rings. The lowest BCUT2D eigenvalue weighted by molar-refractivity contribution is -0.161. The molecule has 0 radical (unpaired) electrons. The van der Waals surface area contributed by atoms with Gasteiger partial charge in [-0.3, -0.25) is 4.79 Å². The minimum atomic E-state index is -1.22. The van der Waals surface area contributed by atoms with Gasteiger partial charge in [-0.05, 0) is 12.1 Å². The second kappa shape index (κ2) is 9.37. The normalized spacial score (nSPS) is 11.3. The number of aliphatic carboxylic acids is 1. The van der Waals surface area contributed by atoms with Crippen LogP contribution in [0.15, 0.2) is 42.5 Å². The molecule has 0 saturated heterocycles. The van der Waals surface area contributed by atoms with Crippen molar-refractivity contribution in [3.8, 4) is 5.75 Å². The van der Waals surface area contributed by atoms with Crippen LogP contribution in [0.4, 0.5) is 0 Å². The van der Waals surface area contributed by atoms with E-state index < -0.39 is 30.4 Å². The molecule has 0 aliphatic heterocycles. The molecule has 0 heterocycles. The Morgan fingerprint density at radius 2 is 1.87 bits per heavy atom. The summed E-state index contributed by atoms with van der Waals surface area (Å²) >= 11 is 0. The van der Waals surface area contributed by atoms with Crippen molar-refractivity contribution in [1.82, 2.24) is 0 Å². The number of carbonyl (C=O) groups is 3. The van der Waals surface area contributed by atoms with Crippen LogP contribution in [0, 0.1) is 0 Å². The Kier molecular flexibility index (Phi) is 7.49. The molecule has 7 heteroatoms. The van der Waals surface area contributed by atoms with E-state index in [9.17, 15) is 14.4 Å². The van der Waals surface area contributed by atoms with Gasteiger partial charge in [0.15, 0.2) is 0 Å². The second-order valence-corrected chi connectivity index (χ2v) is 4.58. The number of esters is 2. The van der Waals surface area contributed by atoms with Gasteiger partial charge < -0.3 is 19.3 Å². The molecular weight excluding hydrogens is 304 g/mol. The number of carboxylic acid groups (broad SMARTS) is 1. The highest BCUT2D eigenvalue weighted by Gasteiger charge is 2.26. The minimum absolute atomic E-state index is 0.0776. The summed E-state index contributed by atoms with van der Waals surface area (Å²) in [5, 5.41) is 8.63. The highest BCUT2D eigenvalue weighted by Crippen LogP contribution is 2.13. The summed E-state index contributed by atoms with van der Waals surface area (Å²) in [6.45, 7) is 3.49. The summed E-state index contributed by atoms with van der Waals surface area (Å²) < 4.78 is 15.0. The van der Waals surface area contributed by atoms with Crippen molar-refractivity contribution in [2.45, 2.75) is 18.9 Å². The van der Waals surface area contributed by atoms with Gasteiger partial charge in [-0.1, -0.05) is 24.8 Å². The SMILES string of the molecule is C=C(CC(=O)O)C(=O)OC(CCOC)C(=O)Oc1ccccc1. The molecule has 1 unspecified atom stereocenters. The Morgan fingerprint density at radius 3 is 2.43 bits per heavy atom. The fourth-order valence-corrected chi connectivity index (χ4v) is 1.59. The number of hydrogen-bond donors (Lipinski definition) is 1. The lowest BCUT2D eigenvalue weighted by Crippen LogP contribution is -2.32. The van der Waals surface area contributed by atoms with Crippen molar-refractivity contribution < 1.29 is 33.7 Å². The lowest BCUT2D eigenvalue weighted by atomic mass is 10.2. The summed E-state index contributed by atoms with van der Waals surface area (Å²) in [6, 6.07) is 8.30. The van der Waals surface area contributed by atoms with Crippen LogP contribution in [0.25, 0.3) is 0 Å². The molecule has 0 aliphatic carbocycles. The first-order chi connectivity index (χ1) is 10.9. The van der Waals surface area contributed by atoms with E-state index in [4.69, 9.17) is 19.3 Å². The zero-order valence-electron chi connectivity index (χ0n) is 12.7. The Hall–Kier alpha value is -2.67. The van der Waals surface area contributed by atoms with Crippen LogP contribution < -0.4 is 4.74 Å². The third-order valence-electron chi connectivity index (χ3n) is 2.71. The number of para-hydroxylation sites is 1. The van der Waals surface area contributed by atoms with E-state index in [1.165, 1.54) is 7.11 Å². The van der Waals surface area contributed by atoms with Crippen molar-refractivity contribution in [3.63, 3.8) is 0 Å². The average Bonchev–Trinajstić information content (AvgIpc) is 2.51. The van der Waals surface area contributed by atoms with Gasteiger partial charge in [-0.25, -0.2) is 9.59 Å². The Bertz CT molecular complexity index is 565. The predicted molar refractivity (Wildman–Crippen MR) is 79.8 cm³/mol. The largest absolute Gasteiger partial charge is 0.481 e. The Morgan fingerprint density at radius 1 is 1.22 bits per heavy atom. The molecule has 1 aromatic rings. The molecule has 0 saturated carbocycles. The van der Waals surface area contributed by atoms with Crippen LogP contribution in [0.2, 0.25) is 0 Å². The number of carboxylic acids is 1. The lowest BCUT2D eigenvalue weighted by Gasteiger charge is -2.16. The number of benzene rings is 1. The quantitative estimate of drug-likeness (QED) is 0.418. The van der Waals surface area contributed by atoms with Crippen LogP contribution in [-0.2, 0) is 23.9 Å². The van der Waals surface area contributed by atoms with Gasteiger partial charge in [-0.2, -0.15) is 0 Å². The van der Waals surface area contributed by atoms with Crippen LogP contribution >= 0.6 is 0 Å². The zero-order chi connectivity index (χ0) is 17.2. The molecule has 1 atom stereocenters. The Balaban J connectivity index is 2.71. The summed E-state index contributed by atoms with van der Waals surface area (Å²) in [5.74, 6) is -2.64. The van der Waals surface area contributed by atoms with Crippen LogP contribution in [0.1, 0.15) is 12.8 Å². The maximum absolute atomic E-state index is 12.1. The van der Waals surface area contributed by atoms with E-state index in [0.717, 1.165) is 0 Å². The molecule has 23 heavy (non-hydrogen) atoms. The molecule has 0 spiro atoms. The van der Waals surface area contributed by atoms with Gasteiger partial charge in [-0.15, -0.1) is 0 Å². The van der Waals surface area contributed by atoms with Crippen molar-refractivity contribution in [2.24, 2.45) is 0 Å². The first-order valence-electron chi connectivity index (χ1n) is 6.80. The third kappa shape index (κ3) is 6.75. The zero-order valence-corrected chi connectivity index (χ0v) is 12.7. The van der Waals surface area contributed by atoms with E-state index >= 15 is 0 Å². The van der Waals surface area contributed by atoms with Crippen molar-refractivity contribution in [3.05, 3.63) is 42.5 Å². The summed E-state index contributed by atoms with van der Waals surface area (Å²) in [7, 11) is 1.44. The predicted octanol–water partition coefficient (Wildman–Crippen LogP) is 1.57. The Labute approximate surface area is 133 Å². The van der Waals surface area contributed by atoms with E-state index in [-0.39, 0.29) is 18.6 Å². The van der Waals surface area contributed by atoms with E-state index in [1.807, 2.05) is 0 Å². The third-order valence-corrected chi connectivity index (χ3v) is 2.71. The highest BCUT2D eigenvalue weighted by molar-refractivity contribution is 5.94. The van der Waals surface area contributed by atoms with Crippen LogP contribution in [-0.4, -0.2) is 42.8 Å². The molecule has 7 nitrogen and oxygen atoms in total. The number of methoxy groups -OCH3 is 1. The van der Waals surface area contributed by atoms with Gasteiger partial charge in [0.2, 0.25) is 6.10 Å². The van der Waals surface area contributed by atoms with Crippen molar-refractivity contribution >= 4 is 17.9 Å². The number of hydrogen-bond acceptors (Lipinski definition) is 6. The number of rotatable bonds is 9. The summed E-state index contributed by atoms with van der Waals surface area (Å²) in [6.07, 6.45) is -1.70. The van der Waals surface area contributed by atoms with Gasteiger partial charge in [0.05, 0.1) is 13.0 Å². The van der Waals surface area contributed by atoms with Gasteiger partial charge in [0.1, 0.15) is 5.75 Å².